The molecular formula is C14H20N4OS. The molecule has 0 bridgehead atoms. The number of piperidine rings is 1. The van der Waals surface area contributed by atoms with E-state index in [1.165, 1.54) is 32.4 Å². The molecule has 0 radical (unpaired) electrons. The number of imidazole rings is 1. The average molecular weight is 292 g/mol. The number of nitrogens with one attached hydrogen (secondary N) is 1. The largest absolute Gasteiger partial charge is 0.481 e. The fraction of sp³-hybridized carbons (Fsp3) is 0.571. The molecule has 0 saturated carbocycles. The fourth-order valence-corrected chi connectivity index (χ4v) is 3.05. The van der Waals surface area contributed by atoms with Crippen molar-refractivity contribution in [1.82, 2.24) is 19.4 Å². The fourth-order valence-electron chi connectivity index (χ4n) is 2.76. The molecule has 0 amide bonds. The number of hydrogen-bond donors (Lipinski definition) is 1. The summed E-state index contributed by atoms with van der Waals surface area (Å²) >= 11 is 5.41. The van der Waals surface area contributed by atoms with Crippen LogP contribution in [0.3, 0.4) is 0 Å². The Bertz CT molecular complexity index is 642. The van der Waals surface area contributed by atoms with Crippen molar-refractivity contribution in [2.24, 2.45) is 0 Å². The lowest BCUT2D eigenvalue weighted by Crippen LogP contribution is -2.32. The zero-order chi connectivity index (χ0) is 13.9. The maximum atomic E-state index is 5.41. The number of aromatic nitrogens is 3. The lowest BCUT2D eigenvalue weighted by molar-refractivity contribution is 0.221. The van der Waals surface area contributed by atoms with E-state index in [-0.39, 0.29) is 0 Å². The first-order chi connectivity index (χ1) is 9.78. The van der Waals surface area contributed by atoms with Gasteiger partial charge >= 0.3 is 0 Å². The van der Waals surface area contributed by atoms with E-state index in [0.717, 1.165) is 29.0 Å². The predicted molar refractivity (Wildman–Crippen MR) is 81.8 cm³/mol. The van der Waals surface area contributed by atoms with E-state index in [9.17, 15) is 0 Å². The highest BCUT2D eigenvalue weighted by atomic mass is 32.1. The van der Waals surface area contributed by atoms with E-state index >= 15 is 0 Å². The number of H-pyrrole nitrogens is 1. The van der Waals surface area contributed by atoms with E-state index in [2.05, 4.69) is 19.4 Å². The number of ether oxygens (including phenoxy) is 1. The van der Waals surface area contributed by atoms with Gasteiger partial charge in [-0.25, -0.2) is 0 Å². The van der Waals surface area contributed by atoms with Crippen LogP contribution in [0.25, 0.3) is 11.2 Å². The molecule has 3 heterocycles. The van der Waals surface area contributed by atoms with Crippen LogP contribution in [-0.4, -0.2) is 46.2 Å². The summed E-state index contributed by atoms with van der Waals surface area (Å²) in [6.07, 6.45) is 3.98. The van der Waals surface area contributed by atoms with E-state index in [0.29, 0.717) is 5.88 Å². The van der Waals surface area contributed by atoms with Crippen molar-refractivity contribution in [3.05, 3.63) is 16.9 Å². The number of fused-ring (bicyclic) bond motifs is 1. The molecule has 1 saturated heterocycles. The van der Waals surface area contributed by atoms with Crippen molar-refractivity contribution in [3.63, 3.8) is 0 Å². The second-order valence-corrected chi connectivity index (χ2v) is 5.60. The number of nitrogens with zero attached hydrogens (tertiary/aromatic N) is 3. The van der Waals surface area contributed by atoms with Crippen molar-refractivity contribution in [2.45, 2.75) is 25.8 Å². The average Bonchev–Trinajstić information content (AvgIpc) is 2.80. The van der Waals surface area contributed by atoms with Crippen LogP contribution in [0.5, 0.6) is 5.88 Å². The first-order valence-electron chi connectivity index (χ1n) is 7.14. The third-order valence-corrected chi connectivity index (χ3v) is 4.21. The zero-order valence-electron chi connectivity index (χ0n) is 11.8. The number of methoxy groups -OCH3 is 1. The van der Waals surface area contributed by atoms with Gasteiger partial charge in [-0.3, -0.25) is 0 Å². The minimum absolute atomic E-state index is 0.623. The molecule has 3 rings (SSSR count). The SMILES string of the molecule is COc1ccc2[nH]c(=S)n(CCN3CCCCC3)c2n1. The van der Waals surface area contributed by atoms with Crippen LogP contribution in [0.4, 0.5) is 0 Å². The van der Waals surface area contributed by atoms with Gasteiger partial charge in [0, 0.05) is 19.2 Å². The first kappa shape index (κ1) is 13.6. The molecule has 0 aliphatic carbocycles. The second kappa shape index (κ2) is 5.93. The predicted octanol–water partition coefficient (Wildman–Crippen LogP) is 2.59. The minimum Gasteiger partial charge on any atom is -0.481 e. The molecule has 108 valence electrons. The van der Waals surface area contributed by atoms with Gasteiger partial charge in [-0.05, 0) is 44.2 Å². The quantitative estimate of drug-likeness (QED) is 0.880. The van der Waals surface area contributed by atoms with Gasteiger partial charge in [0.15, 0.2) is 10.4 Å². The molecule has 2 aromatic heterocycles. The van der Waals surface area contributed by atoms with Crippen LogP contribution in [0.2, 0.25) is 0 Å². The van der Waals surface area contributed by atoms with Crippen LogP contribution in [0.1, 0.15) is 19.3 Å². The van der Waals surface area contributed by atoms with Gasteiger partial charge in [0.25, 0.3) is 0 Å². The standard InChI is InChI=1S/C14H20N4OS/c1-19-12-6-5-11-13(16-12)18(14(20)15-11)10-9-17-7-3-2-4-8-17/h5-6H,2-4,7-10H2,1H3,(H,15,20). The van der Waals surface area contributed by atoms with Gasteiger partial charge in [-0.2, -0.15) is 4.98 Å². The van der Waals surface area contributed by atoms with Crippen LogP contribution < -0.4 is 4.74 Å². The third kappa shape index (κ3) is 2.71. The molecule has 2 aromatic rings. The number of likely N-dealkylation sites (tertiary alicyclic amines) is 1. The number of hydrogen-bond acceptors (Lipinski definition) is 4. The summed E-state index contributed by atoms with van der Waals surface area (Å²) in [4.78, 5) is 10.2. The summed E-state index contributed by atoms with van der Waals surface area (Å²) in [7, 11) is 1.63. The van der Waals surface area contributed by atoms with Crippen molar-refractivity contribution in [2.75, 3.05) is 26.7 Å². The molecule has 6 heteroatoms. The Morgan fingerprint density at radius 1 is 1.25 bits per heavy atom. The molecule has 0 aromatic carbocycles. The normalized spacial score (nSPS) is 16.6. The van der Waals surface area contributed by atoms with Gasteiger partial charge in [0.05, 0.1) is 12.6 Å². The van der Waals surface area contributed by atoms with Crippen LogP contribution in [0.15, 0.2) is 12.1 Å². The Morgan fingerprint density at radius 2 is 2.05 bits per heavy atom. The van der Waals surface area contributed by atoms with E-state index in [4.69, 9.17) is 17.0 Å². The molecular weight excluding hydrogens is 272 g/mol. The van der Waals surface area contributed by atoms with Crippen LogP contribution in [-0.2, 0) is 6.54 Å². The third-order valence-electron chi connectivity index (χ3n) is 3.89. The van der Waals surface area contributed by atoms with E-state index < -0.39 is 0 Å². The Labute approximate surface area is 123 Å². The Kier molecular flexibility index (Phi) is 4.03. The molecule has 0 unspecified atom stereocenters. The Hall–Kier alpha value is -1.40. The first-order valence-corrected chi connectivity index (χ1v) is 7.54. The minimum atomic E-state index is 0.623. The van der Waals surface area contributed by atoms with Gasteiger partial charge in [0.2, 0.25) is 5.88 Å². The van der Waals surface area contributed by atoms with Crippen LogP contribution in [0, 0.1) is 4.77 Å². The van der Waals surface area contributed by atoms with Crippen molar-refractivity contribution >= 4 is 23.4 Å². The van der Waals surface area contributed by atoms with Crippen molar-refractivity contribution in [1.29, 1.82) is 0 Å². The molecule has 1 N–H and O–H groups in total. The van der Waals surface area contributed by atoms with Gasteiger partial charge in [0.1, 0.15) is 0 Å². The lowest BCUT2D eigenvalue weighted by Gasteiger charge is -2.26. The van der Waals surface area contributed by atoms with Crippen LogP contribution >= 0.6 is 12.2 Å². The van der Waals surface area contributed by atoms with E-state index in [1.54, 1.807) is 7.11 Å². The molecule has 20 heavy (non-hydrogen) atoms. The van der Waals surface area contributed by atoms with Gasteiger partial charge in [-0.1, -0.05) is 6.42 Å². The summed E-state index contributed by atoms with van der Waals surface area (Å²) < 4.78 is 8.00. The zero-order valence-corrected chi connectivity index (χ0v) is 12.6. The maximum Gasteiger partial charge on any atom is 0.215 e. The monoisotopic (exact) mass is 292 g/mol. The summed E-state index contributed by atoms with van der Waals surface area (Å²) in [6, 6.07) is 3.82. The van der Waals surface area contributed by atoms with E-state index in [1.807, 2.05) is 12.1 Å². The number of pyridine rings is 1. The van der Waals surface area contributed by atoms with Gasteiger partial charge in [-0.15, -0.1) is 0 Å². The Morgan fingerprint density at radius 3 is 2.80 bits per heavy atom. The highest BCUT2D eigenvalue weighted by Crippen LogP contribution is 2.17. The summed E-state index contributed by atoms with van der Waals surface area (Å²) in [5.41, 5.74) is 1.85. The van der Waals surface area contributed by atoms with Crippen molar-refractivity contribution in [3.8, 4) is 5.88 Å². The smallest absolute Gasteiger partial charge is 0.215 e. The summed E-state index contributed by atoms with van der Waals surface area (Å²) in [5, 5.41) is 0. The molecule has 0 spiro atoms. The second-order valence-electron chi connectivity index (χ2n) is 5.21. The summed E-state index contributed by atoms with van der Waals surface area (Å²) in [5.74, 6) is 0.623. The number of aromatic amines is 1. The molecule has 1 fully saturated rings. The lowest BCUT2D eigenvalue weighted by atomic mass is 10.1. The highest BCUT2D eigenvalue weighted by molar-refractivity contribution is 7.71. The molecule has 1 aliphatic heterocycles. The number of rotatable bonds is 4. The molecule has 0 atom stereocenters. The topological polar surface area (TPSA) is 46.1 Å². The molecule has 1 aliphatic rings. The molecule has 5 nitrogen and oxygen atoms in total. The van der Waals surface area contributed by atoms with Crippen molar-refractivity contribution < 1.29 is 4.74 Å². The Balaban J connectivity index is 1.82. The maximum absolute atomic E-state index is 5.41. The summed E-state index contributed by atoms with van der Waals surface area (Å²) in [6.45, 7) is 4.30. The van der Waals surface area contributed by atoms with Gasteiger partial charge < -0.3 is 19.2 Å². The highest BCUT2D eigenvalue weighted by Gasteiger charge is 2.12.